The molecule has 5 heteroatoms. The Kier molecular flexibility index (Phi) is 4.67. The van der Waals surface area contributed by atoms with Crippen molar-refractivity contribution in [3.05, 3.63) is 53.8 Å². The summed E-state index contributed by atoms with van der Waals surface area (Å²) in [6.07, 6.45) is 0. The fourth-order valence-electron chi connectivity index (χ4n) is 3.04. The summed E-state index contributed by atoms with van der Waals surface area (Å²) in [5, 5.41) is 9.86. The number of hydrogen-bond donors (Lipinski definition) is 2. The summed E-state index contributed by atoms with van der Waals surface area (Å²) in [7, 11) is 1.55. The Morgan fingerprint density at radius 1 is 1.13 bits per heavy atom. The maximum absolute atomic E-state index is 13.0. The van der Waals surface area contributed by atoms with Gasteiger partial charge in [0.1, 0.15) is 12.4 Å². The molecule has 3 rings (SSSR count). The fourth-order valence-corrected chi connectivity index (χ4v) is 3.04. The number of nitrogens with one attached hydrogen (secondary N) is 1. The first-order valence-corrected chi connectivity index (χ1v) is 7.85. The molecule has 2 aromatic carbocycles. The summed E-state index contributed by atoms with van der Waals surface area (Å²) in [6, 6.07) is 12.3. The zero-order chi connectivity index (χ0) is 16.2. The molecule has 23 heavy (non-hydrogen) atoms. The fraction of sp³-hybridized carbons (Fsp3) is 0.333. The van der Waals surface area contributed by atoms with Crippen molar-refractivity contribution >= 4 is 5.69 Å². The Morgan fingerprint density at radius 2 is 1.83 bits per heavy atom. The number of nitrogens with zero attached hydrogens (tertiary/aromatic N) is 1. The van der Waals surface area contributed by atoms with Crippen LogP contribution in [0.4, 0.5) is 10.1 Å². The molecule has 0 spiro atoms. The molecule has 0 aromatic heterocycles. The third-order valence-electron chi connectivity index (χ3n) is 4.36. The third kappa shape index (κ3) is 3.74. The van der Waals surface area contributed by atoms with Crippen molar-refractivity contribution in [1.29, 1.82) is 0 Å². The van der Waals surface area contributed by atoms with Gasteiger partial charge in [0.25, 0.3) is 0 Å². The first-order valence-electron chi connectivity index (χ1n) is 7.85. The third-order valence-corrected chi connectivity index (χ3v) is 4.36. The minimum atomic E-state index is -0.197. The van der Waals surface area contributed by atoms with Gasteiger partial charge in [-0.05, 0) is 42.5 Å². The van der Waals surface area contributed by atoms with Crippen molar-refractivity contribution in [3.63, 3.8) is 0 Å². The van der Waals surface area contributed by atoms with Gasteiger partial charge in [0, 0.05) is 11.3 Å². The van der Waals surface area contributed by atoms with E-state index >= 15 is 0 Å². The summed E-state index contributed by atoms with van der Waals surface area (Å²) >= 11 is 0. The van der Waals surface area contributed by atoms with E-state index in [9.17, 15) is 9.50 Å². The summed E-state index contributed by atoms with van der Waals surface area (Å²) in [4.78, 5) is 3.77. The largest absolute Gasteiger partial charge is 0.504 e. The van der Waals surface area contributed by atoms with Gasteiger partial charge in [-0.3, -0.25) is 0 Å². The van der Waals surface area contributed by atoms with E-state index < -0.39 is 0 Å². The Bertz CT molecular complexity index is 653. The highest BCUT2D eigenvalue weighted by atomic mass is 19.1. The van der Waals surface area contributed by atoms with Crippen LogP contribution in [0, 0.1) is 5.82 Å². The van der Waals surface area contributed by atoms with Crippen LogP contribution < -0.4 is 14.5 Å². The summed E-state index contributed by atoms with van der Waals surface area (Å²) in [5.41, 5.74) is 2.18. The van der Waals surface area contributed by atoms with Crippen molar-refractivity contribution in [2.24, 2.45) is 0 Å². The number of phenols is 1. The molecule has 0 saturated carbocycles. The van der Waals surface area contributed by atoms with Gasteiger partial charge in [0.05, 0.1) is 33.3 Å². The van der Waals surface area contributed by atoms with Gasteiger partial charge in [0.2, 0.25) is 0 Å². The van der Waals surface area contributed by atoms with Crippen molar-refractivity contribution in [2.75, 3.05) is 38.2 Å². The molecule has 1 aliphatic heterocycles. The predicted molar refractivity (Wildman–Crippen MR) is 87.7 cm³/mol. The zero-order valence-corrected chi connectivity index (χ0v) is 13.3. The molecule has 2 N–H and O–H groups in total. The van der Waals surface area contributed by atoms with Crippen molar-refractivity contribution < 1.29 is 19.1 Å². The van der Waals surface area contributed by atoms with Gasteiger partial charge in [0.15, 0.2) is 11.5 Å². The van der Waals surface area contributed by atoms with Crippen LogP contribution in [0.1, 0.15) is 5.56 Å². The smallest absolute Gasteiger partial charge is 0.160 e. The Labute approximate surface area is 135 Å². The second kappa shape index (κ2) is 6.87. The van der Waals surface area contributed by atoms with Gasteiger partial charge in [-0.1, -0.05) is 0 Å². The molecule has 0 amide bonds. The molecule has 122 valence electrons. The highest BCUT2D eigenvalue weighted by molar-refractivity contribution is 5.46. The van der Waals surface area contributed by atoms with Crippen LogP contribution in [-0.4, -0.2) is 38.4 Å². The van der Waals surface area contributed by atoms with Crippen molar-refractivity contribution in [3.8, 4) is 11.5 Å². The molecule has 1 heterocycles. The average Bonchev–Trinajstić information content (AvgIpc) is 2.57. The molecular formula is C18H22FN2O2+. The van der Waals surface area contributed by atoms with E-state index in [4.69, 9.17) is 4.74 Å². The van der Waals surface area contributed by atoms with Crippen molar-refractivity contribution in [2.45, 2.75) is 6.54 Å². The average molecular weight is 317 g/mol. The lowest BCUT2D eigenvalue weighted by Crippen LogP contribution is -3.13. The van der Waals surface area contributed by atoms with Crippen LogP contribution in [0.25, 0.3) is 0 Å². The maximum atomic E-state index is 13.0. The monoisotopic (exact) mass is 317 g/mol. The number of halogens is 1. The summed E-state index contributed by atoms with van der Waals surface area (Å²) < 4.78 is 18.1. The minimum Gasteiger partial charge on any atom is -0.504 e. The normalized spacial score (nSPS) is 15.7. The van der Waals surface area contributed by atoms with E-state index in [1.54, 1.807) is 19.2 Å². The van der Waals surface area contributed by atoms with Crippen LogP contribution >= 0.6 is 0 Å². The van der Waals surface area contributed by atoms with Gasteiger partial charge in [-0.25, -0.2) is 4.39 Å². The summed E-state index contributed by atoms with van der Waals surface area (Å²) in [6.45, 7) is 4.81. The number of hydrogen-bond acceptors (Lipinski definition) is 3. The van der Waals surface area contributed by atoms with Crippen LogP contribution in [0.2, 0.25) is 0 Å². The molecule has 0 aliphatic carbocycles. The predicted octanol–water partition coefficient (Wildman–Crippen LogP) is 1.44. The molecule has 0 radical (unpaired) electrons. The molecule has 1 aliphatic rings. The van der Waals surface area contributed by atoms with Gasteiger partial charge >= 0.3 is 0 Å². The molecule has 1 fully saturated rings. The zero-order valence-electron chi connectivity index (χ0n) is 13.3. The number of ether oxygens (including phenoxy) is 1. The topological polar surface area (TPSA) is 37.1 Å². The molecular weight excluding hydrogens is 295 g/mol. The van der Waals surface area contributed by atoms with Crippen molar-refractivity contribution in [1.82, 2.24) is 0 Å². The Morgan fingerprint density at radius 3 is 2.43 bits per heavy atom. The maximum Gasteiger partial charge on any atom is 0.160 e. The van der Waals surface area contributed by atoms with Crippen LogP contribution in [-0.2, 0) is 6.54 Å². The molecule has 2 aromatic rings. The number of rotatable bonds is 4. The van der Waals surface area contributed by atoms with Crippen LogP contribution in [0.3, 0.4) is 0 Å². The molecule has 0 bridgehead atoms. The SMILES string of the molecule is COc1ccc(C[NH+]2CCN(c3ccc(F)cc3)CC2)cc1O. The number of benzene rings is 2. The number of phenolic OH excluding ortho intramolecular Hbond substituents is 1. The number of methoxy groups -OCH3 is 1. The molecule has 0 atom stereocenters. The second-order valence-electron chi connectivity index (χ2n) is 5.90. The molecule has 0 unspecified atom stereocenters. The van der Waals surface area contributed by atoms with Gasteiger partial charge in [-0.15, -0.1) is 0 Å². The second-order valence-corrected chi connectivity index (χ2v) is 5.90. The van der Waals surface area contributed by atoms with Crippen LogP contribution in [0.15, 0.2) is 42.5 Å². The summed E-state index contributed by atoms with van der Waals surface area (Å²) in [5.74, 6) is 0.497. The number of anilines is 1. The quantitative estimate of drug-likeness (QED) is 0.896. The first-order chi connectivity index (χ1) is 11.2. The van der Waals surface area contributed by atoms with E-state index in [0.29, 0.717) is 5.75 Å². The first kappa shape index (κ1) is 15.6. The number of aromatic hydroxyl groups is 1. The van der Waals surface area contributed by atoms with E-state index in [-0.39, 0.29) is 11.6 Å². The lowest BCUT2D eigenvalue weighted by Gasteiger charge is -2.33. The van der Waals surface area contributed by atoms with Gasteiger partial charge < -0.3 is 19.6 Å². The highest BCUT2D eigenvalue weighted by Crippen LogP contribution is 2.25. The molecule has 1 saturated heterocycles. The lowest BCUT2D eigenvalue weighted by atomic mass is 10.1. The van der Waals surface area contributed by atoms with E-state index in [1.807, 2.05) is 18.2 Å². The van der Waals surface area contributed by atoms with E-state index in [0.717, 1.165) is 44.0 Å². The minimum absolute atomic E-state index is 0.189. The van der Waals surface area contributed by atoms with E-state index in [1.165, 1.54) is 17.0 Å². The van der Waals surface area contributed by atoms with Crippen LogP contribution in [0.5, 0.6) is 11.5 Å². The number of piperazine rings is 1. The molecule has 4 nitrogen and oxygen atoms in total. The lowest BCUT2D eigenvalue weighted by molar-refractivity contribution is -0.914. The number of quaternary nitrogens is 1. The Balaban J connectivity index is 1.56. The highest BCUT2D eigenvalue weighted by Gasteiger charge is 2.20. The van der Waals surface area contributed by atoms with Gasteiger partial charge in [-0.2, -0.15) is 0 Å². The van der Waals surface area contributed by atoms with E-state index in [2.05, 4.69) is 4.90 Å². The standard InChI is InChI=1S/C18H21FN2O2/c1-23-18-7-2-14(12-17(18)22)13-20-8-10-21(11-9-20)16-5-3-15(19)4-6-16/h2-7,12,22H,8-11,13H2,1H3/p+1. The Hall–Kier alpha value is -2.27.